The molecule has 1 saturated heterocycles. The first-order valence-electron chi connectivity index (χ1n) is 6.34. The van der Waals surface area contributed by atoms with Crippen molar-refractivity contribution in [2.75, 3.05) is 26.7 Å². The summed E-state index contributed by atoms with van der Waals surface area (Å²) >= 11 is 0. The second kappa shape index (κ2) is 4.15. The van der Waals surface area contributed by atoms with Crippen LogP contribution < -0.4 is 5.32 Å². The molecule has 1 aromatic carbocycles. The van der Waals surface area contributed by atoms with E-state index >= 15 is 0 Å². The molecule has 1 fully saturated rings. The first kappa shape index (κ1) is 10.8. The zero-order chi connectivity index (χ0) is 11.7. The van der Waals surface area contributed by atoms with Crippen LogP contribution in [0.5, 0.6) is 0 Å². The van der Waals surface area contributed by atoms with E-state index in [0.29, 0.717) is 0 Å². The molecule has 2 heterocycles. The molecular formula is C14H19N3. The topological polar surface area (TPSA) is 27.6 Å². The summed E-state index contributed by atoms with van der Waals surface area (Å²) < 4.78 is 0. The van der Waals surface area contributed by atoms with Gasteiger partial charge < -0.3 is 10.2 Å². The minimum absolute atomic E-state index is 0.193. The Kier molecular flexibility index (Phi) is 2.63. The van der Waals surface area contributed by atoms with Crippen molar-refractivity contribution >= 4 is 5.84 Å². The predicted octanol–water partition coefficient (Wildman–Crippen LogP) is 1.50. The summed E-state index contributed by atoms with van der Waals surface area (Å²) in [4.78, 5) is 7.10. The van der Waals surface area contributed by atoms with Gasteiger partial charge in [0, 0.05) is 12.1 Å². The average molecular weight is 229 g/mol. The second-order valence-corrected chi connectivity index (χ2v) is 5.28. The molecule has 0 bridgehead atoms. The van der Waals surface area contributed by atoms with Crippen molar-refractivity contribution in [1.29, 1.82) is 0 Å². The molecule has 3 nitrogen and oxygen atoms in total. The fourth-order valence-electron chi connectivity index (χ4n) is 2.91. The van der Waals surface area contributed by atoms with E-state index in [1.165, 1.54) is 24.9 Å². The predicted molar refractivity (Wildman–Crippen MR) is 70.4 cm³/mol. The number of likely N-dealkylation sites (N-methyl/N-ethyl adjacent to an activating group) is 1. The molecule has 0 saturated carbocycles. The number of amidine groups is 1. The number of hydrogen-bond donors (Lipinski definition) is 1. The zero-order valence-electron chi connectivity index (χ0n) is 10.3. The van der Waals surface area contributed by atoms with Crippen LogP contribution >= 0.6 is 0 Å². The van der Waals surface area contributed by atoms with E-state index in [1.807, 2.05) is 6.07 Å². The van der Waals surface area contributed by atoms with Crippen molar-refractivity contribution in [3.63, 3.8) is 0 Å². The van der Waals surface area contributed by atoms with E-state index < -0.39 is 0 Å². The number of nitrogens with zero attached hydrogens (tertiary/aromatic N) is 2. The lowest BCUT2D eigenvalue weighted by Gasteiger charge is -2.38. The monoisotopic (exact) mass is 229 g/mol. The van der Waals surface area contributed by atoms with Crippen molar-refractivity contribution in [3.05, 3.63) is 35.9 Å². The Bertz CT molecular complexity index is 426. The Labute approximate surface area is 103 Å². The lowest BCUT2D eigenvalue weighted by molar-refractivity contribution is 0.175. The van der Waals surface area contributed by atoms with E-state index in [9.17, 15) is 0 Å². The smallest absolute Gasteiger partial charge is 0.128 e. The zero-order valence-corrected chi connectivity index (χ0v) is 10.3. The van der Waals surface area contributed by atoms with Crippen molar-refractivity contribution in [3.8, 4) is 0 Å². The van der Waals surface area contributed by atoms with Gasteiger partial charge >= 0.3 is 0 Å². The van der Waals surface area contributed by atoms with E-state index in [0.717, 1.165) is 18.9 Å². The molecule has 0 amide bonds. The van der Waals surface area contributed by atoms with Crippen LogP contribution in [-0.4, -0.2) is 43.0 Å². The molecule has 0 radical (unpaired) electrons. The van der Waals surface area contributed by atoms with E-state index in [1.54, 1.807) is 0 Å². The van der Waals surface area contributed by atoms with Crippen molar-refractivity contribution in [1.82, 2.24) is 10.2 Å². The SMILES string of the molecule is CN1CCC[C@]2(CN=C(c3ccccc3)N2)C1. The van der Waals surface area contributed by atoms with Gasteiger partial charge in [-0.25, -0.2) is 0 Å². The Morgan fingerprint density at radius 1 is 1.29 bits per heavy atom. The first-order chi connectivity index (χ1) is 8.27. The summed E-state index contributed by atoms with van der Waals surface area (Å²) in [7, 11) is 2.20. The molecule has 0 unspecified atom stereocenters. The molecule has 1 atom stereocenters. The lowest BCUT2D eigenvalue weighted by atomic mass is 9.90. The molecule has 3 heteroatoms. The highest BCUT2D eigenvalue weighted by molar-refractivity contribution is 6.00. The molecule has 3 rings (SSSR count). The Hall–Kier alpha value is -1.35. The maximum Gasteiger partial charge on any atom is 0.128 e. The summed E-state index contributed by atoms with van der Waals surface area (Å²) in [5.41, 5.74) is 1.40. The summed E-state index contributed by atoms with van der Waals surface area (Å²) in [5.74, 6) is 1.07. The molecule has 90 valence electrons. The van der Waals surface area contributed by atoms with Crippen molar-refractivity contribution in [2.24, 2.45) is 4.99 Å². The summed E-state index contributed by atoms with van der Waals surface area (Å²) in [6.07, 6.45) is 2.50. The third-order valence-corrected chi connectivity index (χ3v) is 3.74. The minimum atomic E-state index is 0.193. The summed E-state index contributed by atoms with van der Waals surface area (Å²) in [6, 6.07) is 10.4. The standard InChI is InChI=1S/C14H19N3/c1-17-9-5-8-14(11-17)10-15-13(16-14)12-6-3-2-4-7-12/h2-4,6-7H,5,8-11H2,1H3,(H,15,16)/t14-/m0/s1. The molecule has 1 N–H and O–H groups in total. The Balaban J connectivity index is 1.76. The minimum Gasteiger partial charge on any atom is -0.361 e. The molecule has 0 aromatic heterocycles. The van der Waals surface area contributed by atoms with Gasteiger partial charge in [0.1, 0.15) is 5.84 Å². The van der Waals surface area contributed by atoms with Crippen LogP contribution in [0.3, 0.4) is 0 Å². The molecule has 2 aliphatic heterocycles. The quantitative estimate of drug-likeness (QED) is 0.790. The highest BCUT2D eigenvalue weighted by atomic mass is 15.2. The summed E-state index contributed by atoms with van der Waals surface area (Å²) in [6.45, 7) is 3.23. The molecular weight excluding hydrogens is 210 g/mol. The van der Waals surface area contributed by atoms with Gasteiger partial charge in [-0.1, -0.05) is 30.3 Å². The highest BCUT2D eigenvalue weighted by Gasteiger charge is 2.38. The number of likely N-dealkylation sites (tertiary alicyclic amines) is 1. The van der Waals surface area contributed by atoms with Crippen LogP contribution in [-0.2, 0) is 0 Å². The fourth-order valence-corrected chi connectivity index (χ4v) is 2.91. The Morgan fingerprint density at radius 2 is 2.12 bits per heavy atom. The van der Waals surface area contributed by atoms with Gasteiger partial charge in [0.2, 0.25) is 0 Å². The highest BCUT2D eigenvalue weighted by Crippen LogP contribution is 2.25. The van der Waals surface area contributed by atoms with Gasteiger partial charge in [0.05, 0.1) is 12.1 Å². The number of aliphatic imine (C=N–C) groups is 1. The van der Waals surface area contributed by atoms with Gasteiger partial charge in [-0.3, -0.25) is 4.99 Å². The number of nitrogens with one attached hydrogen (secondary N) is 1. The lowest BCUT2D eigenvalue weighted by Crippen LogP contribution is -2.56. The van der Waals surface area contributed by atoms with Crippen LogP contribution in [0, 0.1) is 0 Å². The van der Waals surface area contributed by atoms with Gasteiger partial charge in [-0.05, 0) is 26.4 Å². The van der Waals surface area contributed by atoms with Crippen molar-refractivity contribution in [2.45, 2.75) is 18.4 Å². The normalized spacial score (nSPS) is 29.1. The average Bonchev–Trinajstić information content (AvgIpc) is 2.74. The number of piperidine rings is 1. The van der Waals surface area contributed by atoms with Gasteiger partial charge in [0.25, 0.3) is 0 Å². The summed E-state index contributed by atoms with van der Waals surface area (Å²) in [5, 5.41) is 3.66. The number of hydrogen-bond acceptors (Lipinski definition) is 3. The van der Waals surface area contributed by atoms with Gasteiger partial charge in [-0.2, -0.15) is 0 Å². The molecule has 1 spiro atoms. The molecule has 1 aromatic rings. The third-order valence-electron chi connectivity index (χ3n) is 3.74. The number of benzene rings is 1. The van der Waals surface area contributed by atoms with Gasteiger partial charge in [0.15, 0.2) is 0 Å². The van der Waals surface area contributed by atoms with E-state index in [-0.39, 0.29) is 5.54 Å². The largest absolute Gasteiger partial charge is 0.361 e. The van der Waals surface area contributed by atoms with Crippen molar-refractivity contribution < 1.29 is 0 Å². The second-order valence-electron chi connectivity index (χ2n) is 5.28. The first-order valence-corrected chi connectivity index (χ1v) is 6.34. The number of rotatable bonds is 1. The van der Waals surface area contributed by atoms with Crippen LogP contribution in [0.15, 0.2) is 35.3 Å². The fraction of sp³-hybridized carbons (Fsp3) is 0.500. The van der Waals surface area contributed by atoms with E-state index in [4.69, 9.17) is 4.99 Å². The van der Waals surface area contributed by atoms with E-state index in [2.05, 4.69) is 41.5 Å². The third kappa shape index (κ3) is 2.07. The van der Waals surface area contributed by atoms with Crippen LogP contribution in [0.1, 0.15) is 18.4 Å². The molecule has 2 aliphatic rings. The maximum absolute atomic E-state index is 4.70. The van der Waals surface area contributed by atoms with Crippen LogP contribution in [0.4, 0.5) is 0 Å². The Morgan fingerprint density at radius 3 is 2.88 bits per heavy atom. The van der Waals surface area contributed by atoms with Crippen LogP contribution in [0.25, 0.3) is 0 Å². The van der Waals surface area contributed by atoms with Gasteiger partial charge in [-0.15, -0.1) is 0 Å². The molecule has 17 heavy (non-hydrogen) atoms. The maximum atomic E-state index is 4.70. The van der Waals surface area contributed by atoms with Crippen LogP contribution in [0.2, 0.25) is 0 Å². The molecule has 0 aliphatic carbocycles.